The highest BCUT2D eigenvalue weighted by molar-refractivity contribution is 7.19. The second kappa shape index (κ2) is 2.82. The van der Waals surface area contributed by atoms with E-state index >= 15 is 0 Å². The minimum atomic E-state index is 0.542. The number of thiazole rings is 1. The summed E-state index contributed by atoms with van der Waals surface area (Å²) in [6, 6.07) is 6.18. The van der Waals surface area contributed by atoms with Gasteiger partial charge >= 0.3 is 0 Å². The lowest BCUT2D eigenvalue weighted by Crippen LogP contribution is -1.79. The molecule has 2 nitrogen and oxygen atoms in total. The van der Waals surface area contributed by atoms with Crippen LogP contribution in [-0.2, 0) is 0 Å². The van der Waals surface area contributed by atoms with Gasteiger partial charge in [-0.2, -0.15) is 5.26 Å². The monoisotopic (exact) mass is 188 g/mol. The van der Waals surface area contributed by atoms with E-state index in [-0.39, 0.29) is 0 Å². The lowest BCUT2D eigenvalue weighted by molar-refractivity contribution is 1.34. The number of hydrogen-bond donors (Lipinski definition) is 0. The average Bonchev–Trinajstić information content (AvgIpc) is 2.48. The summed E-state index contributed by atoms with van der Waals surface area (Å²) in [5.74, 6) is 0. The van der Waals surface area contributed by atoms with Crippen molar-refractivity contribution in [3.63, 3.8) is 0 Å². The number of nitrogens with zero attached hydrogens (tertiary/aromatic N) is 2. The van der Waals surface area contributed by atoms with Crippen LogP contribution in [0.25, 0.3) is 10.2 Å². The van der Waals surface area contributed by atoms with Crippen LogP contribution in [0.4, 0.5) is 0 Å². The molecule has 0 unspecified atom stereocenters. The zero-order valence-corrected chi connectivity index (χ0v) is 8.27. The van der Waals surface area contributed by atoms with Gasteiger partial charge in [-0.05, 0) is 37.1 Å². The van der Waals surface area contributed by atoms with Crippen LogP contribution in [0.3, 0.4) is 0 Å². The number of benzene rings is 1. The molecule has 0 radical (unpaired) electrons. The minimum Gasteiger partial charge on any atom is -0.226 e. The molecular weight excluding hydrogens is 180 g/mol. The summed E-state index contributed by atoms with van der Waals surface area (Å²) in [6.45, 7) is 4.13. The van der Waals surface area contributed by atoms with Crippen LogP contribution in [0.2, 0.25) is 0 Å². The van der Waals surface area contributed by atoms with Gasteiger partial charge in [-0.1, -0.05) is 0 Å². The van der Waals surface area contributed by atoms with Gasteiger partial charge in [-0.3, -0.25) is 0 Å². The first kappa shape index (κ1) is 8.21. The second-order valence-electron chi connectivity index (χ2n) is 3.04. The van der Waals surface area contributed by atoms with Crippen molar-refractivity contribution in [3.05, 3.63) is 28.3 Å². The van der Waals surface area contributed by atoms with Crippen LogP contribution >= 0.6 is 11.3 Å². The van der Waals surface area contributed by atoms with Crippen LogP contribution in [0.5, 0.6) is 0 Å². The molecule has 0 aliphatic carbocycles. The Bertz CT molecular complexity index is 466. The Hall–Kier alpha value is -1.40. The van der Waals surface area contributed by atoms with Crippen LogP contribution < -0.4 is 0 Å². The Kier molecular flexibility index (Phi) is 1.78. The Morgan fingerprint density at radius 1 is 1.31 bits per heavy atom. The van der Waals surface area contributed by atoms with Crippen molar-refractivity contribution in [2.75, 3.05) is 0 Å². The maximum Gasteiger partial charge on any atom is 0.195 e. The molecule has 64 valence electrons. The third-order valence-electron chi connectivity index (χ3n) is 2.10. The quantitative estimate of drug-likeness (QED) is 0.637. The lowest BCUT2D eigenvalue weighted by atomic mass is 10.1. The van der Waals surface area contributed by atoms with Gasteiger partial charge in [0.15, 0.2) is 5.01 Å². The molecule has 0 fully saturated rings. The van der Waals surface area contributed by atoms with Crippen LogP contribution in [0, 0.1) is 25.2 Å². The molecule has 2 aromatic rings. The van der Waals surface area contributed by atoms with Gasteiger partial charge in [0, 0.05) is 0 Å². The molecule has 0 aliphatic heterocycles. The second-order valence-corrected chi connectivity index (χ2v) is 4.07. The fraction of sp³-hybridized carbons (Fsp3) is 0.200. The first-order chi connectivity index (χ1) is 6.20. The van der Waals surface area contributed by atoms with Gasteiger partial charge in [0.05, 0.1) is 10.2 Å². The van der Waals surface area contributed by atoms with Crippen molar-refractivity contribution in [1.82, 2.24) is 4.98 Å². The predicted molar refractivity (Wildman–Crippen MR) is 53.8 cm³/mol. The van der Waals surface area contributed by atoms with Gasteiger partial charge in [0.2, 0.25) is 0 Å². The largest absolute Gasteiger partial charge is 0.226 e. The first-order valence-electron chi connectivity index (χ1n) is 3.98. The van der Waals surface area contributed by atoms with E-state index in [1.54, 1.807) is 0 Å². The van der Waals surface area contributed by atoms with E-state index in [0.717, 1.165) is 10.2 Å². The summed E-state index contributed by atoms with van der Waals surface area (Å²) in [7, 11) is 0. The Morgan fingerprint density at radius 3 is 2.69 bits per heavy atom. The molecular formula is C10H8N2S. The number of aryl methyl sites for hydroxylation is 2. The predicted octanol–water partition coefficient (Wildman–Crippen LogP) is 2.78. The van der Waals surface area contributed by atoms with Crippen LogP contribution in [0.1, 0.15) is 16.1 Å². The van der Waals surface area contributed by atoms with Crippen LogP contribution in [0.15, 0.2) is 12.1 Å². The summed E-state index contributed by atoms with van der Waals surface area (Å²) in [6.07, 6.45) is 0. The van der Waals surface area contributed by atoms with E-state index in [4.69, 9.17) is 5.26 Å². The first-order valence-corrected chi connectivity index (χ1v) is 4.80. The number of nitriles is 1. The molecule has 2 rings (SSSR count). The number of hydrogen-bond acceptors (Lipinski definition) is 3. The SMILES string of the molecule is Cc1cc2nc(C#N)sc2cc1C. The lowest BCUT2D eigenvalue weighted by Gasteiger charge is -1.96. The molecule has 1 aromatic carbocycles. The molecule has 0 amide bonds. The molecule has 0 bridgehead atoms. The van der Waals surface area contributed by atoms with E-state index < -0.39 is 0 Å². The molecule has 1 aromatic heterocycles. The van der Waals surface area contributed by atoms with Gasteiger partial charge in [0.1, 0.15) is 6.07 Å². The smallest absolute Gasteiger partial charge is 0.195 e. The molecule has 0 aliphatic rings. The highest BCUT2D eigenvalue weighted by Crippen LogP contribution is 2.24. The van der Waals surface area contributed by atoms with Crippen molar-refractivity contribution in [1.29, 1.82) is 5.26 Å². The summed E-state index contributed by atoms with van der Waals surface area (Å²) >= 11 is 1.45. The molecule has 0 saturated carbocycles. The van der Waals surface area contributed by atoms with Crippen molar-refractivity contribution in [2.45, 2.75) is 13.8 Å². The number of aromatic nitrogens is 1. The molecule has 3 heteroatoms. The topological polar surface area (TPSA) is 36.7 Å². The molecule has 0 atom stereocenters. The van der Waals surface area contributed by atoms with Crippen molar-refractivity contribution < 1.29 is 0 Å². The third kappa shape index (κ3) is 1.30. The summed E-state index contributed by atoms with van der Waals surface area (Å²) in [5.41, 5.74) is 3.41. The zero-order chi connectivity index (χ0) is 9.42. The molecule has 0 saturated heterocycles. The highest BCUT2D eigenvalue weighted by Gasteiger charge is 2.04. The van der Waals surface area contributed by atoms with Gasteiger partial charge in [-0.25, -0.2) is 4.98 Å². The average molecular weight is 188 g/mol. The highest BCUT2D eigenvalue weighted by atomic mass is 32.1. The number of fused-ring (bicyclic) bond motifs is 1. The Morgan fingerprint density at radius 2 is 2.00 bits per heavy atom. The molecule has 13 heavy (non-hydrogen) atoms. The van der Waals surface area contributed by atoms with Crippen molar-refractivity contribution in [3.8, 4) is 6.07 Å². The summed E-state index contributed by atoms with van der Waals surface area (Å²) in [5, 5.41) is 9.22. The minimum absolute atomic E-state index is 0.542. The molecule has 0 N–H and O–H groups in total. The van der Waals surface area contributed by atoms with Crippen molar-refractivity contribution >= 4 is 21.6 Å². The zero-order valence-electron chi connectivity index (χ0n) is 7.46. The Labute approximate surface area is 80.5 Å². The fourth-order valence-corrected chi connectivity index (χ4v) is 2.07. The maximum absolute atomic E-state index is 8.68. The van der Waals surface area contributed by atoms with E-state index in [0.29, 0.717) is 5.01 Å². The van der Waals surface area contributed by atoms with E-state index in [9.17, 15) is 0 Å². The standard InChI is InChI=1S/C10H8N2S/c1-6-3-8-9(4-7(6)2)13-10(5-11)12-8/h3-4H,1-2H3. The van der Waals surface area contributed by atoms with Crippen molar-refractivity contribution in [2.24, 2.45) is 0 Å². The van der Waals surface area contributed by atoms with E-state index in [1.165, 1.54) is 22.5 Å². The van der Waals surface area contributed by atoms with Gasteiger partial charge in [0.25, 0.3) is 0 Å². The van der Waals surface area contributed by atoms with E-state index in [2.05, 4.69) is 31.0 Å². The summed E-state index contributed by atoms with van der Waals surface area (Å²) < 4.78 is 1.10. The van der Waals surface area contributed by atoms with E-state index in [1.807, 2.05) is 6.07 Å². The van der Waals surface area contributed by atoms with Gasteiger partial charge in [-0.15, -0.1) is 11.3 Å². The third-order valence-corrected chi connectivity index (χ3v) is 3.02. The Balaban J connectivity index is 2.79. The van der Waals surface area contributed by atoms with Crippen LogP contribution in [-0.4, -0.2) is 4.98 Å². The van der Waals surface area contributed by atoms with Gasteiger partial charge < -0.3 is 0 Å². The normalized spacial score (nSPS) is 10.2. The maximum atomic E-state index is 8.68. The number of rotatable bonds is 0. The molecule has 1 heterocycles. The summed E-state index contributed by atoms with van der Waals surface area (Å²) in [4.78, 5) is 4.19. The molecule has 0 spiro atoms. The fourth-order valence-electron chi connectivity index (χ4n) is 1.23.